The van der Waals surface area contributed by atoms with Crippen LogP contribution < -0.4 is 24.3 Å². The predicted octanol–water partition coefficient (Wildman–Crippen LogP) is 4.32. The van der Waals surface area contributed by atoms with Crippen LogP contribution in [0.1, 0.15) is 37.7 Å². The lowest BCUT2D eigenvalue weighted by molar-refractivity contribution is -0.116. The first-order chi connectivity index (χ1) is 13.6. The van der Waals surface area contributed by atoms with Gasteiger partial charge in [0.15, 0.2) is 23.0 Å². The van der Waals surface area contributed by atoms with E-state index in [2.05, 4.69) is 5.32 Å². The molecule has 0 atom stereocenters. The third-order valence-corrected chi connectivity index (χ3v) is 5.27. The van der Waals surface area contributed by atoms with Crippen molar-refractivity contribution in [1.29, 1.82) is 0 Å². The fourth-order valence-electron chi connectivity index (χ4n) is 3.81. The average molecular weight is 383 g/mol. The summed E-state index contributed by atoms with van der Waals surface area (Å²) in [6.45, 7) is 0. The van der Waals surface area contributed by atoms with Crippen LogP contribution in [0.2, 0.25) is 0 Å². The molecule has 28 heavy (non-hydrogen) atoms. The summed E-state index contributed by atoms with van der Waals surface area (Å²) < 4.78 is 22.6. The molecule has 1 aliphatic heterocycles. The Balaban J connectivity index is 1.35. The SMILES string of the molecule is COc1ccc(CCC(=O)Nc2ccc3c(c2)OC2(CCCC2)O3)cc1OC. The summed E-state index contributed by atoms with van der Waals surface area (Å²) in [6, 6.07) is 11.3. The van der Waals surface area contributed by atoms with Crippen molar-refractivity contribution < 1.29 is 23.7 Å². The molecule has 6 heteroatoms. The largest absolute Gasteiger partial charge is 0.493 e. The van der Waals surface area contributed by atoms with Gasteiger partial charge < -0.3 is 24.3 Å². The van der Waals surface area contributed by atoms with E-state index in [9.17, 15) is 4.79 Å². The van der Waals surface area contributed by atoms with Gasteiger partial charge in [-0.15, -0.1) is 0 Å². The number of fused-ring (bicyclic) bond motifs is 1. The molecule has 148 valence electrons. The maximum Gasteiger partial charge on any atom is 0.251 e. The van der Waals surface area contributed by atoms with Crippen molar-refractivity contribution in [2.75, 3.05) is 19.5 Å². The Kier molecular flexibility index (Phi) is 5.03. The first-order valence-electron chi connectivity index (χ1n) is 9.64. The van der Waals surface area contributed by atoms with Gasteiger partial charge in [0, 0.05) is 31.0 Å². The highest BCUT2D eigenvalue weighted by Crippen LogP contribution is 2.47. The standard InChI is InChI=1S/C22H25NO5/c1-25-17-8-5-15(13-19(17)26-2)6-10-21(24)23-16-7-9-18-20(14-16)28-22(27-18)11-3-4-12-22/h5,7-9,13-14H,3-4,6,10-12H2,1-2H3,(H,23,24). The average Bonchev–Trinajstić information content (AvgIpc) is 3.31. The summed E-state index contributed by atoms with van der Waals surface area (Å²) in [5, 5.41) is 2.94. The Bertz CT molecular complexity index is 873. The quantitative estimate of drug-likeness (QED) is 0.805. The number of aryl methyl sites for hydroxylation is 1. The zero-order valence-corrected chi connectivity index (χ0v) is 16.2. The molecular formula is C22H25NO5. The summed E-state index contributed by atoms with van der Waals surface area (Å²) in [7, 11) is 3.20. The minimum atomic E-state index is -0.488. The third kappa shape index (κ3) is 3.72. The number of ether oxygens (including phenoxy) is 4. The molecule has 1 heterocycles. The van der Waals surface area contributed by atoms with E-state index in [1.54, 1.807) is 14.2 Å². The maximum absolute atomic E-state index is 12.4. The number of hydrogen-bond acceptors (Lipinski definition) is 5. The van der Waals surface area contributed by atoms with Crippen LogP contribution in [0.15, 0.2) is 36.4 Å². The highest BCUT2D eigenvalue weighted by Gasteiger charge is 2.44. The van der Waals surface area contributed by atoms with Crippen LogP contribution in [-0.4, -0.2) is 25.9 Å². The number of benzene rings is 2. The molecule has 1 saturated carbocycles. The number of amides is 1. The van der Waals surface area contributed by atoms with E-state index in [0.717, 1.165) is 42.7 Å². The Hall–Kier alpha value is -2.89. The minimum Gasteiger partial charge on any atom is -0.493 e. The van der Waals surface area contributed by atoms with Crippen molar-refractivity contribution in [1.82, 2.24) is 0 Å². The zero-order valence-electron chi connectivity index (χ0n) is 16.2. The molecular weight excluding hydrogens is 358 g/mol. The highest BCUT2D eigenvalue weighted by atomic mass is 16.7. The molecule has 2 aromatic rings. The maximum atomic E-state index is 12.4. The van der Waals surface area contributed by atoms with Gasteiger partial charge in [-0.2, -0.15) is 0 Å². The van der Waals surface area contributed by atoms with E-state index in [0.29, 0.717) is 30.1 Å². The van der Waals surface area contributed by atoms with Gasteiger partial charge in [-0.05, 0) is 49.1 Å². The number of anilines is 1. The number of rotatable bonds is 6. The molecule has 0 radical (unpaired) electrons. The van der Waals surface area contributed by atoms with E-state index >= 15 is 0 Å². The Labute approximate surface area is 164 Å². The summed E-state index contributed by atoms with van der Waals surface area (Å²) in [5.74, 6) is 2.26. The molecule has 2 aliphatic rings. The first-order valence-corrected chi connectivity index (χ1v) is 9.64. The van der Waals surface area contributed by atoms with E-state index in [1.165, 1.54) is 0 Å². The molecule has 0 unspecified atom stereocenters. The molecule has 1 spiro atoms. The van der Waals surface area contributed by atoms with Gasteiger partial charge in [-0.3, -0.25) is 4.79 Å². The van der Waals surface area contributed by atoms with Crippen molar-refractivity contribution in [3.05, 3.63) is 42.0 Å². The van der Waals surface area contributed by atoms with Gasteiger partial charge in [-0.25, -0.2) is 0 Å². The lowest BCUT2D eigenvalue weighted by Crippen LogP contribution is -2.34. The first kappa shape index (κ1) is 18.5. The van der Waals surface area contributed by atoms with Crippen LogP contribution in [0.3, 0.4) is 0 Å². The molecule has 1 N–H and O–H groups in total. The van der Waals surface area contributed by atoms with Crippen LogP contribution in [0.5, 0.6) is 23.0 Å². The van der Waals surface area contributed by atoms with Crippen molar-refractivity contribution in [3.8, 4) is 23.0 Å². The lowest BCUT2D eigenvalue weighted by atomic mass is 10.1. The number of hydrogen-bond donors (Lipinski definition) is 1. The summed E-state index contributed by atoms with van der Waals surface area (Å²) in [5.41, 5.74) is 1.73. The zero-order chi connectivity index (χ0) is 19.6. The third-order valence-electron chi connectivity index (χ3n) is 5.27. The number of carbonyl (C=O) groups excluding carboxylic acids is 1. The van der Waals surface area contributed by atoms with Gasteiger partial charge in [0.25, 0.3) is 5.79 Å². The smallest absolute Gasteiger partial charge is 0.251 e. The van der Waals surface area contributed by atoms with Crippen LogP contribution in [-0.2, 0) is 11.2 Å². The normalized spacial score (nSPS) is 16.2. The van der Waals surface area contributed by atoms with Gasteiger partial charge in [-0.1, -0.05) is 6.07 Å². The molecule has 4 rings (SSSR count). The van der Waals surface area contributed by atoms with Gasteiger partial charge >= 0.3 is 0 Å². The van der Waals surface area contributed by atoms with Gasteiger partial charge in [0.2, 0.25) is 5.91 Å². The summed E-state index contributed by atoms with van der Waals surface area (Å²) in [6.07, 6.45) is 5.04. The second-order valence-electron chi connectivity index (χ2n) is 7.22. The fraction of sp³-hybridized carbons (Fsp3) is 0.409. The molecule has 6 nitrogen and oxygen atoms in total. The highest BCUT2D eigenvalue weighted by molar-refractivity contribution is 5.91. The van der Waals surface area contributed by atoms with Crippen molar-refractivity contribution in [2.24, 2.45) is 0 Å². The van der Waals surface area contributed by atoms with Crippen LogP contribution in [0.25, 0.3) is 0 Å². The van der Waals surface area contributed by atoms with Crippen molar-refractivity contribution in [2.45, 2.75) is 44.3 Å². The molecule has 0 aromatic heterocycles. The van der Waals surface area contributed by atoms with Crippen LogP contribution in [0.4, 0.5) is 5.69 Å². The van der Waals surface area contributed by atoms with Crippen LogP contribution in [0, 0.1) is 0 Å². The predicted molar refractivity (Wildman–Crippen MR) is 105 cm³/mol. The van der Waals surface area contributed by atoms with Crippen LogP contribution >= 0.6 is 0 Å². The minimum absolute atomic E-state index is 0.0516. The topological polar surface area (TPSA) is 66.0 Å². The molecule has 0 bridgehead atoms. The van der Waals surface area contributed by atoms with E-state index in [1.807, 2.05) is 36.4 Å². The Morgan fingerprint density at radius 1 is 1.00 bits per heavy atom. The Morgan fingerprint density at radius 2 is 1.75 bits per heavy atom. The molecule has 1 aliphatic carbocycles. The Morgan fingerprint density at radius 3 is 2.50 bits per heavy atom. The van der Waals surface area contributed by atoms with E-state index in [4.69, 9.17) is 18.9 Å². The van der Waals surface area contributed by atoms with Gasteiger partial charge in [0.1, 0.15) is 0 Å². The second kappa shape index (κ2) is 7.62. The molecule has 1 fully saturated rings. The molecule has 0 saturated heterocycles. The lowest BCUT2D eigenvalue weighted by Gasteiger charge is -2.21. The number of methoxy groups -OCH3 is 2. The van der Waals surface area contributed by atoms with Crippen molar-refractivity contribution >= 4 is 11.6 Å². The number of carbonyl (C=O) groups is 1. The molecule has 2 aromatic carbocycles. The summed E-state index contributed by atoms with van der Waals surface area (Å²) >= 11 is 0. The monoisotopic (exact) mass is 383 g/mol. The summed E-state index contributed by atoms with van der Waals surface area (Å²) in [4.78, 5) is 12.4. The fourth-order valence-corrected chi connectivity index (χ4v) is 3.81. The van der Waals surface area contributed by atoms with E-state index in [-0.39, 0.29) is 5.91 Å². The molecule has 1 amide bonds. The second-order valence-corrected chi connectivity index (χ2v) is 7.22. The van der Waals surface area contributed by atoms with E-state index < -0.39 is 5.79 Å². The number of nitrogens with one attached hydrogen (secondary N) is 1. The van der Waals surface area contributed by atoms with Crippen molar-refractivity contribution in [3.63, 3.8) is 0 Å². The van der Waals surface area contributed by atoms with Gasteiger partial charge in [0.05, 0.1) is 14.2 Å².